The molecule has 8 heteroatoms. The van der Waals surface area contributed by atoms with Gasteiger partial charge in [-0.1, -0.05) is 39.0 Å². The number of nitrogens with one attached hydrogen (secondary N) is 1. The Morgan fingerprint density at radius 3 is 2.39 bits per heavy atom. The van der Waals surface area contributed by atoms with Crippen LogP contribution < -0.4 is 16.8 Å². The number of hydrogen-bond donors (Lipinski definition) is 1. The Morgan fingerprint density at radius 1 is 0.964 bits per heavy atom. The molecule has 0 spiro atoms. The number of rotatable bonds is 8. The Hall–Kier alpha value is -2.77. The van der Waals surface area contributed by atoms with Gasteiger partial charge in [0.25, 0.3) is 11.1 Å². The largest absolute Gasteiger partial charge is 0.329 e. The van der Waals surface area contributed by atoms with E-state index in [2.05, 4.69) is 21.9 Å². The molecule has 0 radical (unpaired) electrons. The molecule has 1 aromatic heterocycles. The number of pyridine rings is 1. The number of aromatic nitrogens is 5. The molecule has 0 fully saturated rings. The smallest absolute Gasteiger partial charge is 0.311 e. The first kappa shape index (κ1) is 20.0. The van der Waals surface area contributed by atoms with Crippen molar-refractivity contribution in [1.82, 2.24) is 24.1 Å². The van der Waals surface area contributed by atoms with Crippen LogP contribution >= 0.6 is 0 Å². The Bertz CT molecular complexity index is 1130. The Morgan fingerprint density at radius 2 is 1.68 bits per heavy atom. The zero-order chi connectivity index (χ0) is 20.3. The maximum Gasteiger partial charge on any atom is 0.329 e. The summed E-state index contributed by atoms with van der Waals surface area (Å²) in [6.07, 6.45) is 6.66. The van der Waals surface area contributed by atoms with E-state index in [0.29, 0.717) is 34.8 Å². The first-order valence-electron chi connectivity index (χ1n) is 10.0. The standard InChI is InChI=1S/C20H27N5O3/c1-4-6-7-8-9-10-11-25-16-14(18(26)22-13(3)21-16)12-15-17(25)23-20(28)24(5-2)19(15)27/h12H,4-11H2,1-3H3,(H,23,28). The first-order chi connectivity index (χ1) is 13.5. The Labute approximate surface area is 162 Å². The summed E-state index contributed by atoms with van der Waals surface area (Å²) in [5.41, 5.74) is -0.548. The summed E-state index contributed by atoms with van der Waals surface area (Å²) in [6.45, 7) is 6.41. The molecule has 1 aromatic rings. The van der Waals surface area contributed by atoms with Crippen molar-refractivity contribution in [2.45, 2.75) is 72.4 Å². The van der Waals surface area contributed by atoms with Crippen LogP contribution in [0.25, 0.3) is 22.4 Å². The number of unbranched alkanes of at least 4 members (excludes halogenated alkanes) is 5. The van der Waals surface area contributed by atoms with Crippen LogP contribution in [0.2, 0.25) is 0 Å². The molecule has 150 valence electrons. The second-order valence-corrected chi connectivity index (χ2v) is 7.12. The number of hydrogen-bond acceptors (Lipinski definition) is 5. The van der Waals surface area contributed by atoms with E-state index in [9.17, 15) is 14.4 Å². The van der Waals surface area contributed by atoms with Gasteiger partial charge in [0.1, 0.15) is 17.3 Å². The fourth-order valence-corrected chi connectivity index (χ4v) is 3.60. The van der Waals surface area contributed by atoms with Crippen LogP contribution in [-0.2, 0) is 13.1 Å². The lowest BCUT2D eigenvalue weighted by Gasteiger charge is -2.18. The van der Waals surface area contributed by atoms with Gasteiger partial charge in [-0.2, -0.15) is 4.98 Å². The SMILES string of the molecule is CCCCCCCCn1c2nc(C)nc(=O)c-2cc2c(=O)n(CC)c(=O)[nH]c21. The van der Waals surface area contributed by atoms with E-state index in [1.807, 2.05) is 0 Å². The topological polar surface area (TPSA) is 103 Å². The molecule has 0 saturated heterocycles. The maximum atomic E-state index is 12.8. The van der Waals surface area contributed by atoms with E-state index < -0.39 is 16.8 Å². The lowest BCUT2D eigenvalue weighted by atomic mass is 10.1. The Kier molecular flexibility index (Phi) is 6.06. The quantitative estimate of drug-likeness (QED) is 0.474. The highest BCUT2D eigenvalue weighted by molar-refractivity contribution is 5.81. The monoisotopic (exact) mass is 385 g/mol. The van der Waals surface area contributed by atoms with Gasteiger partial charge in [0.05, 0.1) is 10.9 Å². The van der Waals surface area contributed by atoms with Gasteiger partial charge in [-0.25, -0.2) is 9.78 Å². The van der Waals surface area contributed by atoms with Crippen LogP contribution in [0.5, 0.6) is 0 Å². The van der Waals surface area contributed by atoms with Crippen LogP contribution in [-0.4, -0.2) is 24.1 Å². The van der Waals surface area contributed by atoms with Crippen molar-refractivity contribution < 1.29 is 0 Å². The van der Waals surface area contributed by atoms with Gasteiger partial charge in [-0.3, -0.25) is 19.1 Å². The van der Waals surface area contributed by atoms with Crippen LogP contribution in [0, 0.1) is 6.92 Å². The highest BCUT2D eigenvalue weighted by atomic mass is 16.2. The zero-order valence-electron chi connectivity index (χ0n) is 16.7. The molecule has 0 bridgehead atoms. The molecule has 0 aromatic carbocycles. The minimum Gasteiger partial charge on any atom is -0.311 e. The summed E-state index contributed by atoms with van der Waals surface area (Å²) < 4.78 is 2.92. The summed E-state index contributed by atoms with van der Waals surface area (Å²) in [6, 6.07) is 1.51. The predicted molar refractivity (Wildman–Crippen MR) is 109 cm³/mol. The molecule has 0 saturated carbocycles. The fraction of sp³-hybridized carbons (Fsp3) is 0.550. The van der Waals surface area contributed by atoms with Crippen LogP contribution in [0.1, 0.15) is 58.2 Å². The van der Waals surface area contributed by atoms with Crippen LogP contribution in [0.4, 0.5) is 0 Å². The van der Waals surface area contributed by atoms with Crippen molar-refractivity contribution >= 4 is 11.0 Å². The maximum absolute atomic E-state index is 12.8. The number of H-pyrrole nitrogens is 1. The minimum atomic E-state index is -0.454. The molecule has 28 heavy (non-hydrogen) atoms. The predicted octanol–water partition coefficient (Wildman–Crippen LogP) is 2.44. The van der Waals surface area contributed by atoms with Crippen molar-refractivity contribution in [3.8, 4) is 11.4 Å². The molecule has 2 aliphatic heterocycles. The highest BCUT2D eigenvalue weighted by Gasteiger charge is 2.20. The molecule has 0 unspecified atom stereocenters. The Balaban J connectivity index is 2.15. The summed E-state index contributed by atoms with van der Waals surface area (Å²) in [5, 5.41) is 0.310. The van der Waals surface area contributed by atoms with Crippen LogP contribution in [0.15, 0.2) is 20.4 Å². The highest BCUT2D eigenvalue weighted by Crippen LogP contribution is 2.22. The van der Waals surface area contributed by atoms with Gasteiger partial charge < -0.3 is 4.57 Å². The van der Waals surface area contributed by atoms with E-state index in [4.69, 9.17) is 0 Å². The minimum absolute atomic E-state index is 0.258. The number of aryl methyl sites for hydroxylation is 2. The molecule has 3 rings (SSSR count). The number of nitrogens with zero attached hydrogens (tertiary/aromatic N) is 4. The van der Waals surface area contributed by atoms with Crippen molar-refractivity contribution in [1.29, 1.82) is 0 Å². The van der Waals surface area contributed by atoms with Gasteiger partial charge in [0.15, 0.2) is 0 Å². The van der Waals surface area contributed by atoms with E-state index in [1.54, 1.807) is 18.4 Å². The molecule has 0 amide bonds. The third-order valence-corrected chi connectivity index (χ3v) is 5.07. The molecule has 8 nitrogen and oxygen atoms in total. The van der Waals surface area contributed by atoms with E-state index >= 15 is 0 Å². The molecule has 3 heterocycles. The molecule has 2 aliphatic rings. The average molecular weight is 385 g/mol. The molecular weight excluding hydrogens is 358 g/mol. The average Bonchev–Trinajstić information content (AvgIpc) is 2.65. The molecular formula is C20H27N5O3. The molecule has 0 aliphatic carbocycles. The third-order valence-electron chi connectivity index (χ3n) is 5.07. The summed E-state index contributed by atoms with van der Waals surface area (Å²) in [4.78, 5) is 48.7. The number of aromatic amines is 1. The van der Waals surface area contributed by atoms with Gasteiger partial charge in [0.2, 0.25) is 0 Å². The van der Waals surface area contributed by atoms with E-state index in [0.717, 1.165) is 23.8 Å². The summed E-state index contributed by atoms with van der Waals surface area (Å²) in [7, 11) is 0. The van der Waals surface area contributed by atoms with Crippen molar-refractivity contribution in [2.24, 2.45) is 0 Å². The lowest BCUT2D eigenvalue weighted by molar-refractivity contribution is 0.559. The van der Waals surface area contributed by atoms with Gasteiger partial charge >= 0.3 is 5.69 Å². The van der Waals surface area contributed by atoms with E-state index in [-0.39, 0.29) is 6.54 Å². The van der Waals surface area contributed by atoms with Crippen molar-refractivity contribution in [3.63, 3.8) is 0 Å². The van der Waals surface area contributed by atoms with Gasteiger partial charge in [-0.15, -0.1) is 0 Å². The molecule has 1 N–H and O–H groups in total. The second kappa shape index (κ2) is 8.50. The number of fused-ring (bicyclic) bond motifs is 2. The fourth-order valence-electron chi connectivity index (χ4n) is 3.60. The summed E-state index contributed by atoms with van der Waals surface area (Å²) >= 11 is 0. The van der Waals surface area contributed by atoms with E-state index in [1.165, 1.54) is 25.3 Å². The summed E-state index contributed by atoms with van der Waals surface area (Å²) in [5.74, 6) is 0.834. The van der Waals surface area contributed by atoms with Crippen molar-refractivity contribution in [3.05, 3.63) is 43.1 Å². The molecule has 0 atom stereocenters. The zero-order valence-corrected chi connectivity index (χ0v) is 16.7. The van der Waals surface area contributed by atoms with Gasteiger partial charge in [-0.05, 0) is 26.3 Å². The van der Waals surface area contributed by atoms with Crippen LogP contribution in [0.3, 0.4) is 0 Å². The lowest BCUT2D eigenvalue weighted by Crippen LogP contribution is -2.36. The third kappa shape index (κ3) is 3.76. The first-order valence-corrected chi connectivity index (χ1v) is 10.0. The van der Waals surface area contributed by atoms with Gasteiger partial charge in [0, 0.05) is 13.1 Å². The normalized spacial score (nSPS) is 11.5. The second-order valence-electron chi connectivity index (χ2n) is 7.12. The van der Waals surface area contributed by atoms with Crippen molar-refractivity contribution in [2.75, 3.05) is 0 Å².